The molecule has 20 heavy (non-hydrogen) atoms. The summed E-state index contributed by atoms with van der Waals surface area (Å²) in [5.74, 6) is 0.196. The van der Waals surface area contributed by atoms with Crippen LogP contribution >= 0.6 is 0 Å². The Kier molecular flexibility index (Phi) is 4.54. The largest absolute Gasteiger partial charge is 0.463 e. The molecule has 2 N–H and O–H groups in total. The molecule has 1 saturated heterocycles. The summed E-state index contributed by atoms with van der Waals surface area (Å²) in [6.45, 7) is 6.36. The molecule has 0 amide bonds. The highest BCUT2D eigenvalue weighted by Crippen LogP contribution is 2.30. The number of carbonyl (C=O) groups is 1. The zero-order valence-corrected chi connectivity index (χ0v) is 12.3. The first kappa shape index (κ1) is 14.7. The van der Waals surface area contributed by atoms with Crippen LogP contribution < -0.4 is 10.6 Å². The van der Waals surface area contributed by atoms with Crippen LogP contribution in [0.5, 0.6) is 0 Å². The summed E-state index contributed by atoms with van der Waals surface area (Å²) >= 11 is 0. The van der Waals surface area contributed by atoms with Gasteiger partial charge in [0.15, 0.2) is 0 Å². The van der Waals surface area contributed by atoms with Gasteiger partial charge >= 0.3 is 5.97 Å². The van der Waals surface area contributed by atoms with Crippen LogP contribution in [-0.2, 0) is 4.74 Å². The van der Waals surface area contributed by atoms with Gasteiger partial charge in [0, 0.05) is 18.8 Å². The van der Waals surface area contributed by atoms with Crippen molar-refractivity contribution >= 4 is 11.8 Å². The van der Waals surface area contributed by atoms with Crippen molar-refractivity contribution in [2.24, 2.45) is 5.41 Å². The summed E-state index contributed by atoms with van der Waals surface area (Å²) in [4.78, 5) is 19.4. The van der Waals surface area contributed by atoms with Crippen LogP contribution in [-0.4, -0.2) is 42.2 Å². The number of nitrogens with zero attached hydrogens (tertiary/aromatic N) is 2. The van der Waals surface area contributed by atoms with E-state index < -0.39 is 5.97 Å². The summed E-state index contributed by atoms with van der Waals surface area (Å²) in [5.41, 5.74) is 0.253. The van der Waals surface area contributed by atoms with Gasteiger partial charge in [0.25, 0.3) is 0 Å². The number of anilines is 1. The minimum absolute atomic E-state index is 0.0772. The van der Waals surface area contributed by atoms with E-state index in [9.17, 15) is 4.79 Å². The monoisotopic (exact) mass is 278 g/mol. The predicted molar refractivity (Wildman–Crippen MR) is 76.7 cm³/mol. The lowest BCUT2D eigenvalue weighted by atomic mass is 9.77. The average Bonchev–Trinajstić information content (AvgIpc) is 2.45. The third-order valence-electron chi connectivity index (χ3n) is 3.84. The highest BCUT2D eigenvalue weighted by atomic mass is 16.5. The SMILES string of the molecule is COC(=O)c1nccc(NCC2NCCCC2(C)C)n1. The van der Waals surface area contributed by atoms with E-state index in [1.165, 1.54) is 20.0 Å². The van der Waals surface area contributed by atoms with Gasteiger partial charge in [0.1, 0.15) is 5.82 Å². The average molecular weight is 278 g/mol. The van der Waals surface area contributed by atoms with E-state index in [2.05, 4.69) is 39.2 Å². The van der Waals surface area contributed by atoms with Crippen molar-refractivity contribution in [3.8, 4) is 0 Å². The van der Waals surface area contributed by atoms with Gasteiger partial charge in [-0.15, -0.1) is 0 Å². The summed E-state index contributed by atoms with van der Waals surface area (Å²) in [5, 5.41) is 6.80. The van der Waals surface area contributed by atoms with E-state index >= 15 is 0 Å². The second-order valence-electron chi connectivity index (χ2n) is 5.74. The second kappa shape index (κ2) is 6.17. The first-order chi connectivity index (χ1) is 9.53. The van der Waals surface area contributed by atoms with Gasteiger partial charge in [-0.1, -0.05) is 13.8 Å². The molecule has 6 heteroatoms. The zero-order chi connectivity index (χ0) is 14.6. The minimum atomic E-state index is -0.523. The molecule has 0 saturated carbocycles. The maximum atomic E-state index is 11.4. The molecule has 2 rings (SSSR count). The molecule has 1 fully saturated rings. The molecule has 1 aliphatic heterocycles. The molecule has 0 aromatic carbocycles. The number of ether oxygens (including phenoxy) is 1. The van der Waals surface area contributed by atoms with Crippen molar-refractivity contribution in [3.63, 3.8) is 0 Å². The standard InChI is InChI=1S/C14H22N4O2/c1-14(2)6-4-7-15-10(14)9-17-11-5-8-16-12(18-11)13(19)20-3/h5,8,10,15H,4,6-7,9H2,1-3H3,(H,16,17,18). The number of methoxy groups -OCH3 is 1. The Bertz CT molecular complexity index is 476. The Balaban J connectivity index is 1.98. The van der Waals surface area contributed by atoms with Crippen LogP contribution in [0.1, 0.15) is 37.3 Å². The van der Waals surface area contributed by atoms with Gasteiger partial charge in [-0.2, -0.15) is 0 Å². The van der Waals surface area contributed by atoms with E-state index in [1.54, 1.807) is 12.3 Å². The zero-order valence-electron chi connectivity index (χ0n) is 12.3. The van der Waals surface area contributed by atoms with Gasteiger partial charge in [-0.05, 0) is 30.9 Å². The smallest absolute Gasteiger partial charge is 0.376 e. The molecular weight excluding hydrogens is 256 g/mol. The van der Waals surface area contributed by atoms with E-state index in [4.69, 9.17) is 0 Å². The van der Waals surface area contributed by atoms with E-state index in [1.807, 2.05) is 0 Å². The van der Waals surface area contributed by atoms with Crippen molar-refractivity contribution in [1.29, 1.82) is 0 Å². The van der Waals surface area contributed by atoms with Crippen molar-refractivity contribution in [2.45, 2.75) is 32.7 Å². The lowest BCUT2D eigenvalue weighted by molar-refractivity contribution is 0.0587. The molecule has 2 heterocycles. The number of hydrogen-bond donors (Lipinski definition) is 2. The first-order valence-electron chi connectivity index (χ1n) is 6.91. The lowest BCUT2D eigenvalue weighted by Crippen LogP contribution is -2.50. The maximum absolute atomic E-state index is 11.4. The molecule has 1 aromatic heterocycles. The topological polar surface area (TPSA) is 76.1 Å². The Labute approximate surface area is 119 Å². The predicted octanol–water partition coefficient (Wildman–Crippen LogP) is 1.45. The van der Waals surface area contributed by atoms with Crippen molar-refractivity contribution in [3.05, 3.63) is 18.1 Å². The summed E-state index contributed by atoms with van der Waals surface area (Å²) in [6, 6.07) is 2.13. The van der Waals surface area contributed by atoms with Gasteiger partial charge in [-0.25, -0.2) is 14.8 Å². The molecular formula is C14H22N4O2. The maximum Gasteiger partial charge on any atom is 0.376 e. The lowest BCUT2D eigenvalue weighted by Gasteiger charge is -2.39. The molecule has 1 aromatic rings. The number of piperidine rings is 1. The van der Waals surface area contributed by atoms with E-state index in [0.717, 1.165) is 13.1 Å². The number of esters is 1. The van der Waals surface area contributed by atoms with Crippen LogP contribution in [0.15, 0.2) is 12.3 Å². The third-order valence-corrected chi connectivity index (χ3v) is 3.84. The van der Waals surface area contributed by atoms with Crippen LogP contribution in [0.3, 0.4) is 0 Å². The van der Waals surface area contributed by atoms with Crippen LogP contribution in [0, 0.1) is 5.41 Å². The van der Waals surface area contributed by atoms with Crippen LogP contribution in [0.2, 0.25) is 0 Å². The fraction of sp³-hybridized carbons (Fsp3) is 0.643. The summed E-state index contributed by atoms with van der Waals surface area (Å²) in [7, 11) is 1.32. The molecule has 0 aliphatic carbocycles. The van der Waals surface area contributed by atoms with Crippen molar-refractivity contribution in [1.82, 2.24) is 15.3 Å². The quantitative estimate of drug-likeness (QED) is 0.812. The van der Waals surface area contributed by atoms with Gasteiger partial charge in [0.2, 0.25) is 5.82 Å². The Morgan fingerprint density at radius 2 is 2.40 bits per heavy atom. The molecule has 1 unspecified atom stereocenters. The fourth-order valence-corrected chi connectivity index (χ4v) is 2.47. The molecule has 0 spiro atoms. The van der Waals surface area contributed by atoms with Crippen LogP contribution in [0.25, 0.3) is 0 Å². The second-order valence-corrected chi connectivity index (χ2v) is 5.74. The number of rotatable bonds is 4. The fourth-order valence-electron chi connectivity index (χ4n) is 2.47. The number of carbonyl (C=O) groups excluding carboxylic acids is 1. The highest BCUT2D eigenvalue weighted by Gasteiger charge is 2.31. The number of nitrogens with one attached hydrogen (secondary N) is 2. The summed E-state index contributed by atoms with van der Waals surface area (Å²) in [6.07, 6.45) is 3.98. The Hall–Kier alpha value is -1.69. The van der Waals surface area contributed by atoms with Crippen molar-refractivity contribution in [2.75, 3.05) is 25.5 Å². The van der Waals surface area contributed by atoms with Gasteiger partial charge in [-0.3, -0.25) is 0 Å². The van der Waals surface area contributed by atoms with Gasteiger partial charge in [0.05, 0.1) is 7.11 Å². The normalized spacial score (nSPS) is 21.2. The Morgan fingerprint density at radius 3 is 3.10 bits per heavy atom. The minimum Gasteiger partial charge on any atom is -0.463 e. The van der Waals surface area contributed by atoms with Crippen molar-refractivity contribution < 1.29 is 9.53 Å². The molecule has 0 bridgehead atoms. The number of aromatic nitrogens is 2. The highest BCUT2D eigenvalue weighted by molar-refractivity contribution is 5.85. The molecule has 1 atom stereocenters. The Morgan fingerprint density at radius 1 is 1.60 bits per heavy atom. The summed E-state index contributed by atoms with van der Waals surface area (Å²) < 4.78 is 4.61. The third kappa shape index (κ3) is 3.45. The van der Waals surface area contributed by atoms with Crippen LogP contribution in [0.4, 0.5) is 5.82 Å². The number of hydrogen-bond acceptors (Lipinski definition) is 6. The van der Waals surface area contributed by atoms with Gasteiger partial charge < -0.3 is 15.4 Å². The molecule has 110 valence electrons. The molecule has 0 radical (unpaired) electrons. The van der Waals surface area contributed by atoms with E-state index in [-0.39, 0.29) is 11.2 Å². The molecule has 1 aliphatic rings. The first-order valence-corrected chi connectivity index (χ1v) is 6.91. The molecule has 6 nitrogen and oxygen atoms in total. The van der Waals surface area contributed by atoms with E-state index in [0.29, 0.717) is 11.9 Å².